The normalized spacial score (nSPS) is 22.1. The summed E-state index contributed by atoms with van der Waals surface area (Å²) in [7, 11) is 1.78. The van der Waals surface area contributed by atoms with Crippen molar-refractivity contribution in [1.29, 1.82) is 0 Å². The van der Waals surface area contributed by atoms with Crippen molar-refractivity contribution in [2.45, 2.75) is 57.6 Å². The Labute approximate surface area is 117 Å². The number of benzene rings is 1. The lowest BCUT2D eigenvalue weighted by atomic mass is 9.78. The molecular formula is C17H27NO. The van der Waals surface area contributed by atoms with E-state index in [-0.39, 0.29) is 12.1 Å². The van der Waals surface area contributed by atoms with Gasteiger partial charge in [-0.05, 0) is 48.6 Å². The van der Waals surface area contributed by atoms with Crippen molar-refractivity contribution in [3.8, 4) is 0 Å². The van der Waals surface area contributed by atoms with Crippen LogP contribution < -0.4 is 5.73 Å². The zero-order valence-electron chi connectivity index (χ0n) is 12.4. The first kappa shape index (κ1) is 14.5. The van der Waals surface area contributed by atoms with Gasteiger partial charge in [0.15, 0.2) is 0 Å². The quantitative estimate of drug-likeness (QED) is 0.880. The van der Waals surface area contributed by atoms with Crippen LogP contribution in [-0.4, -0.2) is 19.3 Å². The number of hydrogen-bond donors (Lipinski definition) is 1. The van der Waals surface area contributed by atoms with Gasteiger partial charge in [-0.3, -0.25) is 0 Å². The highest BCUT2D eigenvalue weighted by Crippen LogP contribution is 2.35. The fourth-order valence-corrected chi connectivity index (χ4v) is 3.50. The van der Waals surface area contributed by atoms with Crippen LogP contribution in [0.3, 0.4) is 0 Å². The summed E-state index contributed by atoms with van der Waals surface area (Å²) in [5.74, 6) is 1.08. The summed E-state index contributed by atoms with van der Waals surface area (Å²) >= 11 is 0. The number of rotatable bonds is 5. The van der Waals surface area contributed by atoms with Crippen molar-refractivity contribution < 1.29 is 4.74 Å². The molecule has 1 aromatic carbocycles. The Bertz CT molecular complexity index is 402. The maximum atomic E-state index is 6.39. The summed E-state index contributed by atoms with van der Waals surface area (Å²) in [6.07, 6.45) is 4.97. The summed E-state index contributed by atoms with van der Waals surface area (Å²) in [5.41, 5.74) is 9.43. The molecule has 0 radical (unpaired) electrons. The van der Waals surface area contributed by atoms with E-state index >= 15 is 0 Å². The van der Waals surface area contributed by atoms with E-state index in [9.17, 15) is 0 Å². The molecule has 106 valence electrons. The second kappa shape index (κ2) is 6.53. The van der Waals surface area contributed by atoms with Crippen LogP contribution in [-0.2, 0) is 11.2 Å². The molecular weight excluding hydrogens is 234 g/mol. The van der Waals surface area contributed by atoms with Crippen LogP contribution >= 0.6 is 0 Å². The molecule has 1 aliphatic carbocycles. The second-order valence-corrected chi connectivity index (χ2v) is 6.13. The van der Waals surface area contributed by atoms with Crippen molar-refractivity contribution in [2.24, 2.45) is 11.7 Å². The van der Waals surface area contributed by atoms with Crippen molar-refractivity contribution in [2.75, 3.05) is 7.11 Å². The number of methoxy groups -OCH3 is 1. The monoisotopic (exact) mass is 261 g/mol. The van der Waals surface area contributed by atoms with Gasteiger partial charge in [0.25, 0.3) is 0 Å². The van der Waals surface area contributed by atoms with Crippen LogP contribution in [0.4, 0.5) is 0 Å². The van der Waals surface area contributed by atoms with Gasteiger partial charge in [0, 0.05) is 13.2 Å². The molecule has 2 heteroatoms. The average Bonchev–Trinajstić information content (AvgIpc) is 2.39. The number of nitrogens with two attached hydrogens (primary N) is 1. The summed E-state index contributed by atoms with van der Waals surface area (Å²) in [6, 6.07) is 8.97. The Kier molecular flexibility index (Phi) is 5.00. The van der Waals surface area contributed by atoms with Crippen LogP contribution in [0.1, 0.15) is 50.2 Å². The molecule has 19 heavy (non-hydrogen) atoms. The minimum absolute atomic E-state index is 0.126. The van der Waals surface area contributed by atoms with Crippen molar-refractivity contribution in [3.05, 3.63) is 35.4 Å². The van der Waals surface area contributed by atoms with Gasteiger partial charge in [-0.25, -0.2) is 0 Å². The number of hydrogen-bond acceptors (Lipinski definition) is 2. The van der Waals surface area contributed by atoms with Crippen LogP contribution in [0.5, 0.6) is 0 Å². The number of ether oxygens (including phenoxy) is 1. The molecule has 0 aliphatic heterocycles. The highest BCUT2D eigenvalue weighted by molar-refractivity contribution is 5.32. The van der Waals surface area contributed by atoms with Gasteiger partial charge in [-0.15, -0.1) is 0 Å². The van der Waals surface area contributed by atoms with Gasteiger partial charge in [-0.2, -0.15) is 0 Å². The van der Waals surface area contributed by atoms with E-state index in [1.807, 2.05) is 0 Å². The van der Waals surface area contributed by atoms with Crippen LogP contribution in [0.2, 0.25) is 0 Å². The average molecular weight is 261 g/mol. The van der Waals surface area contributed by atoms with Gasteiger partial charge < -0.3 is 10.5 Å². The Morgan fingerprint density at radius 1 is 1.32 bits per heavy atom. The lowest BCUT2D eigenvalue weighted by Gasteiger charge is -2.32. The molecule has 0 amide bonds. The topological polar surface area (TPSA) is 35.2 Å². The molecule has 0 saturated heterocycles. The summed E-state index contributed by atoms with van der Waals surface area (Å²) in [5, 5.41) is 0. The highest BCUT2D eigenvalue weighted by atomic mass is 16.5. The molecule has 0 aromatic heterocycles. The Hall–Kier alpha value is -0.860. The van der Waals surface area contributed by atoms with E-state index in [1.54, 1.807) is 7.11 Å². The third-order valence-electron chi connectivity index (χ3n) is 4.40. The van der Waals surface area contributed by atoms with Crippen molar-refractivity contribution >= 4 is 0 Å². The number of aryl methyl sites for hydroxylation is 1. The summed E-state index contributed by atoms with van der Waals surface area (Å²) in [6.45, 7) is 4.37. The predicted molar refractivity (Wildman–Crippen MR) is 80.3 cm³/mol. The molecule has 0 bridgehead atoms. The molecule has 0 heterocycles. The van der Waals surface area contributed by atoms with E-state index in [0.717, 1.165) is 6.42 Å². The maximum Gasteiger partial charge on any atom is 0.0745 e. The lowest BCUT2D eigenvalue weighted by molar-refractivity contribution is 0.0395. The fourth-order valence-electron chi connectivity index (χ4n) is 3.50. The maximum absolute atomic E-state index is 6.39. The first-order valence-electron chi connectivity index (χ1n) is 7.49. The van der Waals surface area contributed by atoms with Gasteiger partial charge in [-0.1, -0.05) is 38.1 Å². The van der Waals surface area contributed by atoms with Crippen LogP contribution in [0, 0.1) is 5.92 Å². The van der Waals surface area contributed by atoms with E-state index < -0.39 is 0 Å². The largest absolute Gasteiger partial charge is 0.380 e. The minimum Gasteiger partial charge on any atom is -0.380 e. The standard InChI is InChI=1S/C17H27NO/c1-12(2)17(19-3)16(18)11-14-9-6-8-13-7-4-5-10-15(13)14/h4-5,7,10,12,14,16-17H,6,8-9,11,18H2,1-3H3. The zero-order chi connectivity index (χ0) is 13.8. The van der Waals surface area contributed by atoms with Crippen molar-refractivity contribution in [1.82, 2.24) is 0 Å². The third-order valence-corrected chi connectivity index (χ3v) is 4.40. The molecule has 3 atom stereocenters. The summed E-state index contributed by atoms with van der Waals surface area (Å²) < 4.78 is 5.58. The molecule has 2 nitrogen and oxygen atoms in total. The smallest absolute Gasteiger partial charge is 0.0745 e. The third kappa shape index (κ3) is 3.37. The van der Waals surface area contributed by atoms with Gasteiger partial charge >= 0.3 is 0 Å². The molecule has 2 N–H and O–H groups in total. The Morgan fingerprint density at radius 3 is 2.74 bits per heavy atom. The second-order valence-electron chi connectivity index (χ2n) is 6.13. The lowest BCUT2D eigenvalue weighted by Crippen LogP contribution is -2.41. The van der Waals surface area contributed by atoms with Crippen molar-refractivity contribution in [3.63, 3.8) is 0 Å². The molecule has 0 spiro atoms. The molecule has 0 fully saturated rings. The Balaban J connectivity index is 2.08. The highest BCUT2D eigenvalue weighted by Gasteiger charge is 2.27. The number of fused-ring (bicyclic) bond motifs is 1. The SMILES string of the molecule is COC(C(C)C)C(N)CC1CCCc2ccccc21. The van der Waals surface area contributed by atoms with E-state index in [0.29, 0.717) is 11.8 Å². The Morgan fingerprint density at radius 2 is 2.05 bits per heavy atom. The van der Waals surface area contributed by atoms with E-state index in [4.69, 9.17) is 10.5 Å². The van der Waals surface area contributed by atoms with Crippen LogP contribution in [0.15, 0.2) is 24.3 Å². The molecule has 1 aromatic rings. The minimum atomic E-state index is 0.126. The molecule has 1 aliphatic rings. The molecule has 2 rings (SSSR count). The van der Waals surface area contributed by atoms with E-state index in [1.165, 1.54) is 30.4 Å². The van der Waals surface area contributed by atoms with Gasteiger partial charge in [0.1, 0.15) is 0 Å². The van der Waals surface area contributed by atoms with Gasteiger partial charge in [0.05, 0.1) is 6.10 Å². The molecule has 3 unspecified atom stereocenters. The first-order chi connectivity index (χ1) is 9.13. The fraction of sp³-hybridized carbons (Fsp3) is 0.647. The first-order valence-corrected chi connectivity index (χ1v) is 7.49. The van der Waals surface area contributed by atoms with Crippen LogP contribution in [0.25, 0.3) is 0 Å². The van der Waals surface area contributed by atoms with Gasteiger partial charge in [0.2, 0.25) is 0 Å². The molecule has 0 saturated carbocycles. The zero-order valence-corrected chi connectivity index (χ0v) is 12.4. The summed E-state index contributed by atoms with van der Waals surface area (Å²) in [4.78, 5) is 0. The predicted octanol–water partition coefficient (Wildman–Crippen LogP) is 3.49. The van der Waals surface area contributed by atoms with E-state index in [2.05, 4.69) is 38.1 Å².